The van der Waals surface area contributed by atoms with Crippen molar-refractivity contribution < 1.29 is 4.74 Å². The normalized spacial score (nSPS) is 11.0. The second-order valence-electron chi connectivity index (χ2n) is 5.96. The fourth-order valence-corrected chi connectivity index (χ4v) is 2.86. The van der Waals surface area contributed by atoms with E-state index in [1.807, 2.05) is 35.9 Å². The van der Waals surface area contributed by atoms with Gasteiger partial charge in [0.2, 0.25) is 5.95 Å². The Morgan fingerprint density at radius 1 is 1.24 bits per heavy atom. The lowest BCUT2D eigenvalue weighted by atomic mass is 10.2. The van der Waals surface area contributed by atoms with E-state index in [9.17, 15) is 0 Å². The molecule has 0 spiro atoms. The zero-order chi connectivity index (χ0) is 17.8. The largest absolute Gasteiger partial charge is 0.496 e. The molecule has 25 heavy (non-hydrogen) atoms. The highest BCUT2D eigenvalue weighted by Gasteiger charge is 2.17. The summed E-state index contributed by atoms with van der Waals surface area (Å²) < 4.78 is 7.37. The Labute approximate surface area is 147 Å². The van der Waals surface area contributed by atoms with Crippen LogP contribution in [0.3, 0.4) is 0 Å². The minimum Gasteiger partial charge on any atom is -0.496 e. The monoisotopic (exact) mass is 340 g/mol. The van der Waals surface area contributed by atoms with Crippen LogP contribution < -0.4 is 15.8 Å². The molecule has 3 rings (SSSR count). The predicted molar refractivity (Wildman–Crippen MR) is 100.0 cm³/mol. The van der Waals surface area contributed by atoms with Crippen LogP contribution in [0.4, 0.5) is 11.8 Å². The molecular formula is C18H24N6O. The molecule has 0 radical (unpaired) electrons. The number of fused-ring (bicyclic) bond motifs is 1. The van der Waals surface area contributed by atoms with E-state index < -0.39 is 0 Å². The summed E-state index contributed by atoms with van der Waals surface area (Å²) in [6, 6.07) is 7.93. The third-order valence-electron chi connectivity index (χ3n) is 4.11. The third kappa shape index (κ3) is 3.50. The van der Waals surface area contributed by atoms with Gasteiger partial charge in [0.15, 0.2) is 5.82 Å². The van der Waals surface area contributed by atoms with Gasteiger partial charge in [0.1, 0.15) is 16.8 Å². The van der Waals surface area contributed by atoms with Crippen molar-refractivity contribution in [3.05, 3.63) is 35.5 Å². The van der Waals surface area contributed by atoms with Crippen molar-refractivity contribution in [2.45, 2.75) is 33.2 Å². The minimum atomic E-state index is 0.256. The molecule has 132 valence electrons. The fraction of sp³-hybridized carbons (Fsp3) is 0.389. The quantitative estimate of drug-likeness (QED) is 0.643. The van der Waals surface area contributed by atoms with Gasteiger partial charge in [-0.05, 0) is 19.4 Å². The Hall–Kier alpha value is -2.83. The zero-order valence-corrected chi connectivity index (χ0v) is 14.9. The van der Waals surface area contributed by atoms with Crippen molar-refractivity contribution in [2.75, 3.05) is 24.7 Å². The van der Waals surface area contributed by atoms with Crippen molar-refractivity contribution in [1.82, 2.24) is 19.7 Å². The van der Waals surface area contributed by atoms with E-state index in [1.54, 1.807) is 7.11 Å². The molecule has 3 N–H and O–H groups in total. The van der Waals surface area contributed by atoms with E-state index in [0.29, 0.717) is 6.54 Å². The predicted octanol–water partition coefficient (Wildman–Crippen LogP) is 2.99. The Morgan fingerprint density at radius 2 is 2.04 bits per heavy atom. The number of anilines is 2. The molecule has 0 aliphatic rings. The van der Waals surface area contributed by atoms with E-state index in [1.165, 1.54) is 0 Å². The van der Waals surface area contributed by atoms with Gasteiger partial charge in [-0.2, -0.15) is 10.1 Å². The number of hydrogen-bond acceptors (Lipinski definition) is 6. The number of ether oxygens (including phenoxy) is 1. The topological polar surface area (TPSA) is 90.9 Å². The number of aryl methyl sites for hydroxylation is 1. The summed E-state index contributed by atoms with van der Waals surface area (Å²) in [5.41, 5.74) is 9.41. The lowest BCUT2D eigenvalue weighted by Crippen LogP contribution is -2.10. The SMILES string of the molecule is CCCCNc1nc(N)nc2c(C)nn(Cc3ccccc3OC)c12. The van der Waals surface area contributed by atoms with E-state index >= 15 is 0 Å². The maximum Gasteiger partial charge on any atom is 0.222 e. The molecule has 0 bridgehead atoms. The van der Waals surface area contributed by atoms with Gasteiger partial charge in [-0.15, -0.1) is 0 Å². The number of nitrogens with zero attached hydrogens (tertiary/aromatic N) is 4. The molecule has 0 aliphatic heterocycles. The summed E-state index contributed by atoms with van der Waals surface area (Å²) in [5.74, 6) is 1.82. The molecule has 0 aliphatic carbocycles. The molecule has 0 atom stereocenters. The van der Waals surface area contributed by atoms with Crippen LogP contribution >= 0.6 is 0 Å². The van der Waals surface area contributed by atoms with E-state index in [-0.39, 0.29) is 5.95 Å². The van der Waals surface area contributed by atoms with Gasteiger partial charge in [-0.25, -0.2) is 4.98 Å². The third-order valence-corrected chi connectivity index (χ3v) is 4.11. The average Bonchev–Trinajstić information content (AvgIpc) is 2.91. The summed E-state index contributed by atoms with van der Waals surface area (Å²) in [4.78, 5) is 8.78. The van der Waals surface area contributed by atoms with Crippen molar-refractivity contribution in [1.29, 1.82) is 0 Å². The van der Waals surface area contributed by atoms with Crippen LogP contribution in [0.1, 0.15) is 31.0 Å². The molecule has 2 aromatic heterocycles. The summed E-state index contributed by atoms with van der Waals surface area (Å²) in [6.07, 6.45) is 2.17. The van der Waals surface area contributed by atoms with E-state index in [4.69, 9.17) is 10.5 Å². The summed E-state index contributed by atoms with van der Waals surface area (Å²) in [7, 11) is 1.67. The first-order chi connectivity index (χ1) is 12.1. The molecule has 0 saturated heterocycles. The maximum absolute atomic E-state index is 5.89. The van der Waals surface area contributed by atoms with E-state index in [2.05, 4.69) is 27.3 Å². The number of methoxy groups -OCH3 is 1. The second kappa shape index (κ2) is 7.38. The lowest BCUT2D eigenvalue weighted by Gasteiger charge is -2.11. The van der Waals surface area contributed by atoms with Gasteiger partial charge < -0.3 is 15.8 Å². The molecule has 0 amide bonds. The Morgan fingerprint density at radius 3 is 2.80 bits per heavy atom. The standard InChI is InChI=1S/C18H24N6O/c1-4-5-10-20-17-16-15(21-18(19)22-17)12(2)23-24(16)11-13-8-6-7-9-14(13)25-3/h6-9H,4-5,10-11H2,1-3H3,(H3,19,20,21,22). The number of rotatable bonds is 7. The first-order valence-corrected chi connectivity index (χ1v) is 8.50. The number of benzene rings is 1. The number of hydrogen-bond donors (Lipinski definition) is 2. The number of nitrogen functional groups attached to an aromatic ring is 1. The van der Waals surface area contributed by atoms with Crippen LogP contribution in [-0.4, -0.2) is 33.4 Å². The Bertz CT molecular complexity index is 873. The lowest BCUT2D eigenvalue weighted by molar-refractivity contribution is 0.407. The van der Waals surface area contributed by atoms with Crippen molar-refractivity contribution in [2.24, 2.45) is 0 Å². The summed E-state index contributed by atoms with van der Waals surface area (Å²) >= 11 is 0. The number of aromatic nitrogens is 4. The van der Waals surface area contributed by atoms with Gasteiger partial charge in [-0.1, -0.05) is 31.5 Å². The Kier molecular flexibility index (Phi) is 5.02. The fourth-order valence-electron chi connectivity index (χ4n) is 2.86. The second-order valence-corrected chi connectivity index (χ2v) is 5.96. The van der Waals surface area contributed by atoms with E-state index in [0.717, 1.165) is 53.2 Å². The van der Waals surface area contributed by atoms with Crippen LogP contribution in [-0.2, 0) is 6.54 Å². The zero-order valence-electron chi connectivity index (χ0n) is 14.9. The molecule has 7 heteroatoms. The molecule has 2 heterocycles. The minimum absolute atomic E-state index is 0.256. The molecule has 1 aromatic carbocycles. The molecular weight excluding hydrogens is 316 g/mol. The molecule has 0 fully saturated rings. The van der Waals surface area contributed by atoms with Crippen LogP contribution in [0.5, 0.6) is 5.75 Å². The van der Waals surface area contributed by atoms with Crippen LogP contribution in [0, 0.1) is 6.92 Å². The summed E-state index contributed by atoms with van der Waals surface area (Å²) in [5, 5.41) is 8.03. The summed E-state index contributed by atoms with van der Waals surface area (Å²) in [6.45, 7) is 5.50. The molecule has 0 saturated carbocycles. The highest BCUT2D eigenvalue weighted by Crippen LogP contribution is 2.26. The van der Waals surface area contributed by atoms with Gasteiger partial charge in [0.05, 0.1) is 19.3 Å². The number of nitrogens with one attached hydrogen (secondary N) is 1. The van der Waals surface area contributed by atoms with Crippen LogP contribution in [0.25, 0.3) is 11.0 Å². The highest BCUT2D eigenvalue weighted by atomic mass is 16.5. The highest BCUT2D eigenvalue weighted by molar-refractivity contribution is 5.88. The number of nitrogens with two attached hydrogens (primary N) is 1. The van der Waals surface area contributed by atoms with Crippen molar-refractivity contribution in [3.63, 3.8) is 0 Å². The Balaban J connectivity index is 2.05. The van der Waals surface area contributed by atoms with Gasteiger partial charge in [0.25, 0.3) is 0 Å². The number of unbranched alkanes of at least 4 members (excludes halogenated alkanes) is 1. The van der Waals surface area contributed by atoms with Crippen LogP contribution in [0.15, 0.2) is 24.3 Å². The van der Waals surface area contributed by atoms with Crippen molar-refractivity contribution in [3.8, 4) is 5.75 Å². The molecule has 0 unspecified atom stereocenters. The first-order valence-electron chi connectivity index (χ1n) is 8.50. The molecule has 3 aromatic rings. The van der Waals surface area contributed by atoms with Crippen molar-refractivity contribution >= 4 is 22.8 Å². The maximum atomic E-state index is 5.89. The van der Waals surface area contributed by atoms with Gasteiger partial charge >= 0.3 is 0 Å². The number of para-hydroxylation sites is 1. The van der Waals surface area contributed by atoms with Gasteiger partial charge in [-0.3, -0.25) is 4.68 Å². The first kappa shape index (κ1) is 17.0. The molecule has 7 nitrogen and oxygen atoms in total. The average molecular weight is 340 g/mol. The smallest absolute Gasteiger partial charge is 0.222 e. The van der Waals surface area contributed by atoms with Crippen LogP contribution in [0.2, 0.25) is 0 Å². The van der Waals surface area contributed by atoms with Gasteiger partial charge in [0, 0.05) is 12.1 Å².